The van der Waals surface area contributed by atoms with E-state index in [0.717, 1.165) is 16.4 Å². The van der Waals surface area contributed by atoms with Crippen molar-refractivity contribution in [2.24, 2.45) is 5.92 Å². The van der Waals surface area contributed by atoms with E-state index in [2.05, 4.69) is 29.0 Å². The van der Waals surface area contributed by atoms with Gasteiger partial charge in [-0.2, -0.15) is 0 Å². The second kappa shape index (κ2) is 9.67. The molecule has 0 bridgehead atoms. The molecule has 4 rings (SSSR count). The summed E-state index contributed by atoms with van der Waals surface area (Å²) in [5, 5.41) is 12.2. The predicted octanol–water partition coefficient (Wildman–Crippen LogP) is 2.57. The molecule has 34 heavy (non-hydrogen) atoms. The van der Waals surface area contributed by atoms with Gasteiger partial charge in [0.05, 0.1) is 12.5 Å². The van der Waals surface area contributed by atoms with Crippen molar-refractivity contribution in [3.05, 3.63) is 35.9 Å². The molecule has 184 valence electrons. The number of β-lactam (4-membered cyclic amide) rings is 1. The first-order valence-electron chi connectivity index (χ1n) is 11.2. The molecule has 0 spiro atoms. The molecule has 3 saturated heterocycles. The van der Waals surface area contributed by atoms with E-state index in [9.17, 15) is 19.5 Å². The Hall–Kier alpha value is -1.82. The van der Waals surface area contributed by atoms with Gasteiger partial charge in [-0.15, -0.1) is 11.8 Å². The number of carbonyl (C=O) groups is 3. The molecular formula is C23H30N4O4S3. The minimum absolute atomic E-state index is 0.265. The average Bonchev–Trinajstić information content (AvgIpc) is 3.03. The molecule has 4 atom stereocenters. The van der Waals surface area contributed by atoms with Crippen LogP contribution in [0.5, 0.6) is 0 Å². The van der Waals surface area contributed by atoms with Gasteiger partial charge in [0.1, 0.15) is 27.8 Å². The predicted molar refractivity (Wildman–Crippen MR) is 138 cm³/mol. The summed E-state index contributed by atoms with van der Waals surface area (Å²) < 4.78 is 0.187. The van der Waals surface area contributed by atoms with Gasteiger partial charge in [0, 0.05) is 11.3 Å². The van der Waals surface area contributed by atoms with Crippen LogP contribution in [-0.4, -0.2) is 83.2 Å². The van der Waals surface area contributed by atoms with Crippen LogP contribution in [-0.2, 0) is 14.4 Å². The highest BCUT2D eigenvalue weighted by Gasteiger charge is 2.64. The van der Waals surface area contributed by atoms with Gasteiger partial charge in [0.15, 0.2) is 0 Å². The number of carboxylic acid groups (broad SMARTS) is 1. The van der Waals surface area contributed by atoms with Crippen LogP contribution < -0.4 is 5.32 Å². The minimum atomic E-state index is -1.02. The van der Waals surface area contributed by atoms with Gasteiger partial charge in [-0.3, -0.25) is 14.5 Å². The maximum Gasteiger partial charge on any atom is 0.327 e. The smallest absolute Gasteiger partial charge is 0.327 e. The van der Waals surface area contributed by atoms with Crippen LogP contribution in [0.4, 0.5) is 0 Å². The largest absolute Gasteiger partial charge is 0.480 e. The summed E-state index contributed by atoms with van der Waals surface area (Å²) in [4.78, 5) is 44.0. The number of nitrogens with zero attached hydrogens (tertiary/aromatic N) is 3. The van der Waals surface area contributed by atoms with E-state index in [4.69, 9.17) is 12.2 Å². The Balaban J connectivity index is 1.54. The normalized spacial score (nSPS) is 27.4. The molecule has 3 aliphatic heterocycles. The van der Waals surface area contributed by atoms with E-state index in [-0.39, 0.29) is 17.2 Å². The number of thiocarbonyl (C=S) groups is 1. The van der Waals surface area contributed by atoms with Crippen molar-refractivity contribution in [1.29, 1.82) is 0 Å². The average molecular weight is 523 g/mol. The molecule has 8 nitrogen and oxygen atoms in total. The molecule has 0 radical (unpaired) electrons. The van der Waals surface area contributed by atoms with Crippen LogP contribution >= 0.6 is 35.7 Å². The summed E-state index contributed by atoms with van der Waals surface area (Å²) in [6, 6.07) is 7.28. The zero-order valence-corrected chi connectivity index (χ0v) is 22.1. The zero-order chi connectivity index (χ0) is 24.8. The molecule has 3 fully saturated rings. The molecule has 1 aromatic carbocycles. The van der Waals surface area contributed by atoms with Crippen LogP contribution in [0.15, 0.2) is 30.3 Å². The fourth-order valence-corrected chi connectivity index (χ4v) is 7.56. The van der Waals surface area contributed by atoms with Gasteiger partial charge in [-0.25, -0.2) is 4.79 Å². The number of benzene rings is 1. The maximum atomic E-state index is 13.7. The number of amides is 2. The van der Waals surface area contributed by atoms with E-state index >= 15 is 0 Å². The summed E-state index contributed by atoms with van der Waals surface area (Å²) >= 11 is 8.50. The van der Waals surface area contributed by atoms with Gasteiger partial charge >= 0.3 is 5.97 Å². The molecule has 3 aliphatic rings. The monoisotopic (exact) mass is 522 g/mol. The van der Waals surface area contributed by atoms with Crippen LogP contribution in [0.1, 0.15) is 39.3 Å². The number of carbonyl (C=O) groups excluding carboxylic acids is 2. The summed E-state index contributed by atoms with van der Waals surface area (Å²) in [5.41, 5.74) is 0.837. The lowest BCUT2D eigenvalue weighted by Crippen LogP contribution is -2.71. The van der Waals surface area contributed by atoms with Crippen LogP contribution in [0.2, 0.25) is 0 Å². The van der Waals surface area contributed by atoms with Crippen LogP contribution in [0.25, 0.3) is 0 Å². The first kappa shape index (κ1) is 25.3. The van der Waals surface area contributed by atoms with Crippen molar-refractivity contribution in [2.75, 3.05) is 19.1 Å². The highest BCUT2D eigenvalue weighted by atomic mass is 32.2. The van der Waals surface area contributed by atoms with Crippen LogP contribution in [0.3, 0.4) is 0 Å². The van der Waals surface area contributed by atoms with Gasteiger partial charge in [-0.1, -0.05) is 68.2 Å². The van der Waals surface area contributed by atoms with Crippen molar-refractivity contribution >= 4 is 57.8 Å². The molecule has 2 amide bonds. The highest BCUT2D eigenvalue weighted by Crippen LogP contribution is 2.50. The molecule has 2 unspecified atom stereocenters. The first-order chi connectivity index (χ1) is 16.0. The maximum absolute atomic E-state index is 13.7. The summed E-state index contributed by atoms with van der Waals surface area (Å²) in [6.07, 6.45) is 0. The molecule has 11 heteroatoms. The number of thioether (sulfide) groups is 2. The summed E-state index contributed by atoms with van der Waals surface area (Å²) in [7, 11) is 0. The van der Waals surface area contributed by atoms with Crippen molar-refractivity contribution in [3.8, 4) is 0 Å². The van der Waals surface area contributed by atoms with Crippen molar-refractivity contribution < 1.29 is 19.5 Å². The first-order valence-corrected chi connectivity index (χ1v) is 13.5. The number of rotatable bonds is 7. The van der Waals surface area contributed by atoms with Gasteiger partial charge in [-0.05, 0) is 25.3 Å². The van der Waals surface area contributed by atoms with Crippen molar-refractivity contribution in [3.63, 3.8) is 0 Å². The van der Waals surface area contributed by atoms with E-state index < -0.39 is 28.8 Å². The number of carboxylic acids is 1. The summed E-state index contributed by atoms with van der Waals surface area (Å²) in [5.74, 6) is -0.638. The third kappa shape index (κ3) is 4.67. The Labute approximate surface area is 213 Å². The standard InChI is InChI=1S/C23H30N4O4S3/c1-13(2)10-25-11-26(12-33-22(25)32)16(14-8-6-5-7-9-14)18(28)24-15-19(29)27-17(21(30)31)23(3,4)34-20(15)27/h5-9,13,15-17,20H,10-12H2,1-4H3,(H,24,28)(H,30,31)/t15?,16?,17-,20+/m0/s1. The van der Waals surface area contributed by atoms with Crippen LogP contribution in [0, 0.1) is 5.92 Å². The van der Waals surface area contributed by atoms with Gasteiger partial charge < -0.3 is 20.2 Å². The van der Waals surface area contributed by atoms with Gasteiger partial charge in [0.25, 0.3) is 0 Å². The Morgan fingerprint density at radius 2 is 1.94 bits per heavy atom. The SMILES string of the molecule is CC(C)CN1CN(C(C(=O)NC2C(=O)N3[C@@H]2SC(C)(C)[C@@H]3C(=O)O)c2ccccc2)CSC1=S. The van der Waals surface area contributed by atoms with E-state index in [1.165, 1.54) is 28.4 Å². The Morgan fingerprint density at radius 3 is 2.56 bits per heavy atom. The lowest BCUT2D eigenvalue weighted by molar-refractivity contribution is -0.161. The number of nitrogens with one attached hydrogen (secondary N) is 1. The number of hydrogen-bond donors (Lipinski definition) is 2. The van der Waals surface area contributed by atoms with Crippen molar-refractivity contribution in [1.82, 2.24) is 20.0 Å². The molecule has 3 heterocycles. The van der Waals surface area contributed by atoms with Crippen molar-refractivity contribution in [2.45, 2.75) is 55.9 Å². The summed E-state index contributed by atoms with van der Waals surface area (Å²) in [6.45, 7) is 9.23. The number of fused-ring (bicyclic) bond motifs is 1. The number of hydrogen-bond acceptors (Lipinski definition) is 7. The molecule has 2 N–H and O–H groups in total. The molecule has 0 saturated carbocycles. The Bertz CT molecular complexity index is 990. The fourth-order valence-electron chi connectivity index (χ4n) is 4.82. The Kier molecular flexibility index (Phi) is 7.19. The van der Waals surface area contributed by atoms with E-state index in [1.54, 1.807) is 0 Å². The minimum Gasteiger partial charge on any atom is -0.480 e. The topological polar surface area (TPSA) is 93.2 Å². The highest BCUT2D eigenvalue weighted by molar-refractivity contribution is 8.22. The second-order valence-corrected chi connectivity index (χ2v) is 13.1. The van der Waals surface area contributed by atoms with E-state index in [1.807, 2.05) is 44.2 Å². The zero-order valence-electron chi connectivity index (χ0n) is 19.6. The fraction of sp³-hybridized carbons (Fsp3) is 0.565. The number of aliphatic carboxylic acids is 1. The quantitative estimate of drug-likeness (QED) is 0.414. The molecular weight excluding hydrogens is 492 g/mol. The lowest BCUT2D eigenvalue weighted by Gasteiger charge is -2.45. The van der Waals surface area contributed by atoms with Gasteiger partial charge in [0.2, 0.25) is 11.8 Å². The molecule has 0 aromatic heterocycles. The van der Waals surface area contributed by atoms with E-state index in [0.29, 0.717) is 18.5 Å². The lowest BCUT2D eigenvalue weighted by atomic mass is 9.95. The third-order valence-electron chi connectivity index (χ3n) is 6.25. The second-order valence-electron chi connectivity index (χ2n) is 9.78. The molecule has 1 aromatic rings. The Morgan fingerprint density at radius 1 is 1.26 bits per heavy atom. The molecule has 0 aliphatic carbocycles. The third-order valence-corrected chi connectivity index (χ3v) is 9.40.